The van der Waals surface area contributed by atoms with E-state index in [1.54, 1.807) is 0 Å². The number of hydrogen-bond donors (Lipinski definition) is 1. The fourth-order valence-electron chi connectivity index (χ4n) is 1.82. The number of hydrogen-bond acceptors (Lipinski definition) is 1. The Labute approximate surface area is 99.4 Å². The average Bonchev–Trinajstić information content (AvgIpc) is 2.80. The summed E-state index contributed by atoms with van der Waals surface area (Å²) in [5, 5.41) is 0. The van der Waals surface area contributed by atoms with Crippen molar-refractivity contribution in [2.75, 3.05) is 6.61 Å². The van der Waals surface area contributed by atoms with Crippen LogP contribution in [0.15, 0.2) is 18.5 Å². The first-order valence-electron chi connectivity index (χ1n) is 6.69. The Hall–Kier alpha value is -0.920. The molecule has 0 aliphatic rings. The molecule has 2 heteroatoms. The zero-order valence-electron chi connectivity index (χ0n) is 10.5. The number of nitrogens with one attached hydrogen (secondary N) is 1. The van der Waals surface area contributed by atoms with E-state index < -0.39 is 0 Å². The van der Waals surface area contributed by atoms with Crippen molar-refractivity contribution < 1.29 is 4.74 Å². The minimum atomic E-state index is 0.854. The molecule has 2 nitrogen and oxygen atoms in total. The van der Waals surface area contributed by atoms with Gasteiger partial charge >= 0.3 is 0 Å². The third-order valence-electron chi connectivity index (χ3n) is 2.84. The fraction of sp³-hybridized carbons (Fsp3) is 0.714. The first-order chi connectivity index (χ1) is 7.93. The van der Waals surface area contributed by atoms with Crippen LogP contribution in [0.1, 0.15) is 58.3 Å². The van der Waals surface area contributed by atoms with Crippen LogP contribution in [0, 0.1) is 0 Å². The van der Waals surface area contributed by atoms with Crippen molar-refractivity contribution in [2.24, 2.45) is 0 Å². The summed E-state index contributed by atoms with van der Waals surface area (Å²) < 4.78 is 5.56. The summed E-state index contributed by atoms with van der Waals surface area (Å²) in [7, 11) is 0. The minimum Gasteiger partial charge on any atom is -0.492 e. The number of rotatable bonds is 10. The Morgan fingerprint density at radius 2 is 1.69 bits per heavy atom. The van der Waals surface area contributed by atoms with E-state index in [1.807, 2.05) is 18.5 Å². The lowest BCUT2D eigenvalue weighted by molar-refractivity contribution is 0.304. The van der Waals surface area contributed by atoms with E-state index in [0.29, 0.717) is 0 Å². The summed E-state index contributed by atoms with van der Waals surface area (Å²) in [4.78, 5) is 2.99. The van der Waals surface area contributed by atoms with Crippen molar-refractivity contribution in [2.45, 2.75) is 58.3 Å². The van der Waals surface area contributed by atoms with Crippen LogP contribution in [0.2, 0.25) is 0 Å². The Morgan fingerprint density at radius 3 is 2.31 bits per heavy atom. The van der Waals surface area contributed by atoms with Crippen LogP contribution < -0.4 is 4.74 Å². The Balaban J connectivity index is 1.78. The molecule has 92 valence electrons. The summed E-state index contributed by atoms with van der Waals surface area (Å²) in [5.41, 5.74) is 0. The molecular weight excluding hydrogens is 198 g/mol. The van der Waals surface area contributed by atoms with Crippen LogP contribution in [0.4, 0.5) is 0 Å². The van der Waals surface area contributed by atoms with Gasteiger partial charge in [0, 0.05) is 12.4 Å². The Morgan fingerprint density at radius 1 is 1.00 bits per heavy atom. The number of aromatic nitrogens is 1. The summed E-state index contributed by atoms with van der Waals surface area (Å²) >= 11 is 0. The maximum atomic E-state index is 5.56. The highest BCUT2D eigenvalue weighted by Gasteiger charge is 1.94. The summed E-state index contributed by atoms with van der Waals surface area (Å²) in [6.07, 6.45) is 14.6. The monoisotopic (exact) mass is 223 g/mol. The van der Waals surface area contributed by atoms with Gasteiger partial charge in [0.15, 0.2) is 0 Å². The molecule has 0 atom stereocenters. The van der Waals surface area contributed by atoms with E-state index in [9.17, 15) is 0 Å². The largest absolute Gasteiger partial charge is 0.492 e. The van der Waals surface area contributed by atoms with Gasteiger partial charge in [-0.15, -0.1) is 0 Å². The van der Waals surface area contributed by atoms with Crippen molar-refractivity contribution in [1.82, 2.24) is 4.98 Å². The molecule has 0 unspecified atom stereocenters. The molecule has 0 aliphatic heterocycles. The number of ether oxygens (including phenoxy) is 1. The highest BCUT2D eigenvalue weighted by Crippen LogP contribution is 2.10. The summed E-state index contributed by atoms with van der Waals surface area (Å²) in [6, 6.07) is 1.96. The van der Waals surface area contributed by atoms with Crippen molar-refractivity contribution in [1.29, 1.82) is 0 Å². The normalized spacial score (nSPS) is 10.6. The number of aromatic amines is 1. The van der Waals surface area contributed by atoms with Gasteiger partial charge < -0.3 is 9.72 Å². The van der Waals surface area contributed by atoms with E-state index in [4.69, 9.17) is 4.74 Å². The molecule has 0 aliphatic carbocycles. The van der Waals surface area contributed by atoms with Gasteiger partial charge in [-0.05, 0) is 12.5 Å². The van der Waals surface area contributed by atoms with E-state index in [1.165, 1.54) is 51.4 Å². The van der Waals surface area contributed by atoms with Gasteiger partial charge in [-0.25, -0.2) is 0 Å². The molecule has 0 radical (unpaired) electrons. The van der Waals surface area contributed by atoms with Crippen LogP contribution in [-0.2, 0) is 0 Å². The zero-order chi connectivity index (χ0) is 11.5. The highest BCUT2D eigenvalue weighted by molar-refractivity contribution is 5.15. The van der Waals surface area contributed by atoms with Crippen molar-refractivity contribution in [3.05, 3.63) is 18.5 Å². The summed E-state index contributed by atoms with van der Waals surface area (Å²) in [6.45, 7) is 3.12. The van der Waals surface area contributed by atoms with Crippen LogP contribution in [0.25, 0.3) is 0 Å². The molecule has 0 spiro atoms. The third kappa shape index (κ3) is 6.54. The molecule has 1 N–H and O–H groups in total. The molecule has 0 saturated heterocycles. The van der Waals surface area contributed by atoms with Gasteiger partial charge in [-0.2, -0.15) is 0 Å². The van der Waals surface area contributed by atoms with Crippen molar-refractivity contribution in [3.63, 3.8) is 0 Å². The predicted octanol–water partition coefficient (Wildman–Crippen LogP) is 4.53. The van der Waals surface area contributed by atoms with Crippen LogP contribution >= 0.6 is 0 Å². The Kier molecular flexibility index (Phi) is 7.65. The van der Waals surface area contributed by atoms with E-state index in [-0.39, 0.29) is 0 Å². The minimum absolute atomic E-state index is 0.854. The standard InChI is InChI=1S/C14H25NO/c1-2-3-4-5-6-7-8-9-12-16-14-10-11-15-13-14/h10-11,13,15H,2-9,12H2,1H3. The van der Waals surface area contributed by atoms with E-state index in [2.05, 4.69) is 11.9 Å². The molecule has 1 aromatic heterocycles. The van der Waals surface area contributed by atoms with Crippen molar-refractivity contribution in [3.8, 4) is 5.75 Å². The van der Waals surface area contributed by atoms with Crippen molar-refractivity contribution >= 4 is 0 Å². The third-order valence-corrected chi connectivity index (χ3v) is 2.84. The maximum absolute atomic E-state index is 5.56. The molecule has 16 heavy (non-hydrogen) atoms. The lowest BCUT2D eigenvalue weighted by Crippen LogP contribution is -1.96. The van der Waals surface area contributed by atoms with Crippen LogP contribution in [0.3, 0.4) is 0 Å². The SMILES string of the molecule is CCCCCCCCCCOc1cc[nH]c1. The smallest absolute Gasteiger partial charge is 0.136 e. The molecule has 0 bridgehead atoms. The van der Waals surface area contributed by atoms with Crippen LogP contribution in [0.5, 0.6) is 5.75 Å². The molecule has 1 rings (SSSR count). The van der Waals surface area contributed by atoms with Gasteiger partial charge in [0.25, 0.3) is 0 Å². The Bertz CT molecular complexity index is 231. The second-order valence-corrected chi connectivity index (χ2v) is 4.37. The summed E-state index contributed by atoms with van der Waals surface area (Å²) in [5.74, 6) is 0.961. The highest BCUT2D eigenvalue weighted by atomic mass is 16.5. The number of H-pyrrole nitrogens is 1. The maximum Gasteiger partial charge on any atom is 0.136 e. The zero-order valence-corrected chi connectivity index (χ0v) is 10.5. The first kappa shape index (κ1) is 13.1. The molecule has 0 amide bonds. The molecule has 0 aromatic carbocycles. The second kappa shape index (κ2) is 9.32. The van der Waals surface area contributed by atoms with E-state index >= 15 is 0 Å². The molecule has 1 aromatic rings. The van der Waals surface area contributed by atoms with Gasteiger partial charge in [-0.1, -0.05) is 51.9 Å². The van der Waals surface area contributed by atoms with Crippen LogP contribution in [-0.4, -0.2) is 11.6 Å². The quantitative estimate of drug-likeness (QED) is 0.579. The second-order valence-electron chi connectivity index (χ2n) is 4.37. The van der Waals surface area contributed by atoms with Gasteiger partial charge in [-0.3, -0.25) is 0 Å². The van der Waals surface area contributed by atoms with Gasteiger partial charge in [0.05, 0.1) is 6.61 Å². The van der Waals surface area contributed by atoms with Gasteiger partial charge in [0.1, 0.15) is 5.75 Å². The number of unbranched alkanes of at least 4 members (excludes halogenated alkanes) is 7. The topological polar surface area (TPSA) is 25.0 Å². The molecule has 1 heterocycles. The molecule has 0 saturated carbocycles. The average molecular weight is 223 g/mol. The fourth-order valence-corrected chi connectivity index (χ4v) is 1.82. The molecular formula is C14H25NO. The molecule has 0 fully saturated rings. The lowest BCUT2D eigenvalue weighted by Gasteiger charge is -2.03. The van der Waals surface area contributed by atoms with E-state index in [0.717, 1.165) is 12.4 Å². The predicted molar refractivity (Wildman–Crippen MR) is 68.9 cm³/mol. The first-order valence-corrected chi connectivity index (χ1v) is 6.69. The van der Waals surface area contributed by atoms with Gasteiger partial charge in [0.2, 0.25) is 0 Å². The lowest BCUT2D eigenvalue weighted by atomic mass is 10.1.